The number of nitrogens with one attached hydrogen (secondary N) is 1. The van der Waals surface area contributed by atoms with E-state index in [4.69, 9.17) is 0 Å². The molecule has 2 atom stereocenters. The van der Waals surface area contributed by atoms with Crippen LogP contribution in [-0.2, 0) is 4.79 Å². The number of hydrogen-bond donors (Lipinski definition) is 1. The molecule has 2 aliphatic rings. The van der Waals surface area contributed by atoms with Crippen LogP contribution in [0.15, 0.2) is 22.9 Å². The Hall–Kier alpha value is -0.900. The van der Waals surface area contributed by atoms with E-state index in [2.05, 4.69) is 26.2 Å². The molecule has 16 heavy (non-hydrogen) atoms. The number of anilines is 1. The van der Waals surface area contributed by atoms with Gasteiger partial charge in [0.2, 0.25) is 5.91 Å². The molecule has 3 nitrogen and oxygen atoms in total. The lowest BCUT2D eigenvalue weighted by molar-refractivity contribution is -0.118. The van der Waals surface area contributed by atoms with Gasteiger partial charge in [-0.05, 0) is 52.7 Å². The van der Waals surface area contributed by atoms with Crippen molar-refractivity contribution < 1.29 is 4.79 Å². The fourth-order valence-electron chi connectivity index (χ4n) is 2.91. The largest absolute Gasteiger partial charge is 0.324 e. The minimum atomic E-state index is 0.170. The van der Waals surface area contributed by atoms with Crippen LogP contribution in [0.3, 0.4) is 0 Å². The van der Waals surface area contributed by atoms with Crippen molar-refractivity contribution in [3.8, 4) is 0 Å². The smallest absolute Gasteiger partial charge is 0.228 e. The van der Waals surface area contributed by atoms with Crippen molar-refractivity contribution in [2.75, 3.05) is 5.32 Å². The third-order valence-corrected chi connectivity index (χ3v) is 4.36. The van der Waals surface area contributed by atoms with Gasteiger partial charge in [0.15, 0.2) is 0 Å². The van der Waals surface area contributed by atoms with E-state index in [1.165, 1.54) is 19.3 Å². The van der Waals surface area contributed by atoms with E-state index in [-0.39, 0.29) is 11.8 Å². The number of rotatable bonds is 2. The average molecular weight is 281 g/mol. The Kier molecular flexibility index (Phi) is 2.46. The molecule has 0 bridgehead atoms. The van der Waals surface area contributed by atoms with Crippen molar-refractivity contribution in [3.05, 3.63) is 22.9 Å². The van der Waals surface area contributed by atoms with E-state index in [1.54, 1.807) is 6.20 Å². The topological polar surface area (TPSA) is 42.0 Å². The molecule has 2 unspecified atom stereocenters. The van der Waals surface area contributed by atoms with Crippen LogP contribution in [0.1, 0.15) is 19.3 Å². The minimum absolute atomic E-state index is 0.170. The van der Waals surface area contributed by atoms with Crippen molar-refractivity contribution in [2.45, 2.75) is 19.3 Å². The number of nitrogens with zero attached hydrogens (tertiary/aromatic N) is 1. The zero-order valence-corrected chi connectivity index (χ0v) is 10.4. The van der Waals surface area contributed by atoms with Crippen molar-refractivity contribution >= 4 is 27.5 Å². The third kappa shape index (κ3) is 1.65. The Morgan fingerprint density at radius 2 is 2.19 bits per heavy atom. The summed E-state index contributed by atoms with van der Waals surface area (Å²) in [5.74, 6) is 1.76. The van der Waals surface area contributed by atoms with Gasteiger partial charge in [-0.2, -0.15) is 0 Å². The molecule has 1 aromatic rings. The van der Waals surface area contributed by atoms with Gasteiger partial charge in [-0.1, -0.05) is 6.42 Å². The molecule has 84 valence electrons. The van der Waals surface area contributed by atoms with Crippen molar-refractivity contribution in [2.24, 2.45) is 17.8 Å². The van der Waals surface area contributed by atoms with Gasteiger partial charge in [-0.15, -0.1) is 0 Å². The second kappa shape index (κ2) is 3.84. The number of carbonyl (C=O) groups excluding carboxylic acids is 1. The molecule has 2 fully saturated rings. The molecule has 0 aromatic carbocycles. The maximum Gasteiger partial charge on any atom is 0.228 e. The highest BCUT2D eigenvalue weighted by Crippen LogP contribution is 2.57. The van der Waals surface area contributed by atoms with Crippen molar-refractivity contribution in [3.63, 3.8) is 0 Å². The second-order valence-corrected chi connectivity index (χ2v) is 5.37. The molecular formula is C12H13BrN2O. The molecule has 0 saturated heterocycles. The molecule has 1 amide bonds. The summed E-state index contributed by atoms with van der Waals surface area (Å²) >= 11 is 3.33. The Bertz CT molecular complexity index is 425. The SMILES string of the molecule is O=C(Nc1cccnc1Br)C1C2CCCC21. The predicted octanol–water partition coefficient (Wildman–Crippen LogP) is 2.83. The molecule has 2 aliphatic carbocycles. The van der Waals surface area contributed by atoms with Gasteiger partial charge in [-0.25, -0.2) is 4.98 Å². The van der Waals surface area contributed by atoms with E-state index >= 15 is 0 Å². The number of amides is 1. The summed E-state index contributed by atoms with van der Waals surface area (Å²) in [6.45, 7) is 0. The van der Waals surface area contributed by atoms with Gasteiger partial charge in [0.1, 0.15) is 4.60 Å². The first-order valence-electron chi connectivity index (χ1n) is 5.69. The quantitative estimate of drug-likeness (QED) is 0.847. The summed E-state index contributed by atoms with van der Waals surface area (Å²) in [5, 5.41) is 2.95. The Morgan fingerprint density at radius 3 is 2.88 bits per heavy atom. The maximum absolute atomic E-state index is 12.0. The van der Waals surface area contributed by atoms with Gasteiger partial charge < -0.3 is 5.32 Å². The summed E-state index contributed by atoms with van der Waals surface area (Å²) in [5.41, 5.74) is 0.775. The molecule has 4 heteroatoms. The van der Waals surface area contributed by atoms with E-state index < -0.39 is 0 Å². The second-order valence-electron chi connectivity index (χ2n) is 4.62. The van der Waals surface area contributed by atoms with Gasteiger partial charge in [0, 0.05) is 12.1 Å². The van der Waals surface area contributed by atoms with E-state index in [1.807, 2.05) is 12.1 Å². The van der Waals surface area contributed by atoms with Gasteiger partial charge in [-0.3, -0.25) is 4.79 Å². The summed E-state index contributed by atoms with van der Waals surface area (Å²) in [6, 6.07) is 3.70. The number of fused-ring (bicyclic) bond motifs is 1. The van der Waals surface area contributed by atoms with Crippen molar-refractivity contribution in [1.82, 2.24) is 4.98 Å². The molecule has 1 aromatic heterocycles. The van der Waals surface area contributed by atoms with Crippen LogP contribution in [-0.4, -0.2) is 10.9 Å². The van der Waals surface area contributed by atoms with Gasteiger partial charge >= 0.3 is 0 Å². The standard InChI is InChI=1S/C12H13BrN2O/c13-11-9(5-2-6-14-11)15-12(16)10-7-3-1-4-8(7)10/h2,5-8,10H,1,3-4H2,(H,15,16). The van der Waals surface area contributed by atoms with E-state index in [0.29, 0.717) is 16.4 Å². The van der Waals surface area contributed by atoms with Crippen LogP contribution in [0.5, 0.6) is 0 Å². The first-order valence-corrected chi connectivity index (χ1v) is 6.48. The van der Waals surface area contributed by atoms with E-state index in [0.717, 1.165) is 5.69 Å². The predicted molar refractivity (Wildman–Crippen MR) is 64.9 cm³/mol. The summed E-state index contributed by atoms with van der Waals surface area (Å²) in [6.07, 6.45) is 5.47. The zero-order valence-electron chi connectivity index (χ0n) is 8.82. The molecule has 0 radical (unpaired) electrons. The Morgan fingerprint density at radius 1 is 1.44 bits per heavy atom. The van der Waals surface area contributed by atoms with Crippen LogP contribution in [0.25, 0.3) is 0 Å². The molecule has 0 aliphatic heterocycles. The molecular weight excluding hydrogens is 268 g/mol. The maximum atomic E-state index is 12.0. The van der Waals surface area contributed by atoms with Crippen LogP contribution in [0.2, 0.25) is 0 Å². The average Bonchev–Trinajstić information content (AvgIpc) is 2.76. The number of carbonyl (C=O) groups is 1. The van der Waals surface area contributed by atoms with Crippen LogP contribution >= 0.6 is 15.9 Å². The Balaban J connectivity index is 1.68. The summed E-state index contributed by atoms with van der Waals surface area (Å²) in [7, 11) is 0. The zero-order chi connectivity index (χ0) is 11.1. The number of halogens is 1. The van der Waals surface area contributed by atoms with E-state index in [9.17, 15) is 4.79 Å². The summed E-state index contributed by atoms with van der Waals surface area (Å²) < 4.78 is 0.703. The normalized spacial score (nSPS) is 30.9. The lowest BCUT2D eigenvalue weighted by atomic mass is 10.1. The van der Waals surface area contributed by atoms with Crippen molar-refractivity contribution in [1.29, 1.82) is 0 Å². The van der Waals surface area contributed by atoms with Crippen LogP contribution < -0.4 is 5.32 Å². The summed E-state index contributed by atoms with van der Waals surface area (Å²) in [4.78, 5) is 16.1. The molecule has 1 heterocycles. The minimum Gasteiger partial charge on any atom is -0.324 e. The van der Waals surface area contributed by atoms with Crippen LogP contribution in [0.4, 0.5) is 5.69 Å². The fraction of sp³-hybridized carbons (Fsp3) is 0.500. The number of hydrogen-bond acceptors (Lipinski definition) is 2. The fourth-order valence-corrected chi connectivity index (χ4v) is 3.26. The molecule has 1 N–H and O–H groups in total. The highest BCUT2D eigenvalue weighted by Gasteiger charge is 2.56. The first kappa shape index (κ1) is 10.3. The lowest BCUT2D eigenvalue weighted by Gasteiger charge is -2.07. The lowest BCUT2D eigenvalue weighted by Crippen LogP contribution is -2.17. The third-order valence-electron chi connectivity index (χ3n) is 3.73. The number of pyridine rings is 1. The number of aromatic nitrogens is 1. The molecule has 2 saturated carbocycles. The van der Waals surface area contributed by atoms with Gasteiger partial charge in [0.25, 0.3) is 0 Å². The molecule has 0 spiro atoms. The van der Waals surface area contributed by atoms with Gasteiger partial charge in [0.05, 0.1) is 5.69 Å². The highest BCUT2D eigenvalue weighted by atomic mass is 79.9. The monoisotopic (exact) mass is 280 g/mol. The van der Waals surface area contributed by atoms with Crippen LogP contribution in [0, 0.1) is 17.8 Å². The first-order chi connectivity index (χ1) is 7.77. The highest BCUT2D eigenvalue weighted by molar-refractivity contribution is 9.10. The Labute approximate surface area is 103 Å². The molecule has 3 rings (SSSR count).